The van der Waals surface area contributed by atoms with Crippen LogP contribution in [-0.4, -0.2) is 35.2 Å². The third kappa shape index (κ3) is 4.67. The lowest BCUT2D eigenvalue weighted by atomic mass is 9.92. The van der Waals surface area contributed by atoms with E-state index in [1.54, 1.807) is 6.08 Å². The zero-order valence-electron chi connectivity index (χ0n) is 11.8. The molecule has 0 unspecified atom stereocenters. The lowest BCUT2D eigenvalue weighted by Crippen LogP contribution is -2.46. The summed E-state index contributed by atoms with van der Waals surface area (Å²) in [4.78, 5) is 22.2. The second-order valence-electron chi connectivity index (χ2n) is 4.88. The number of rotatable bonds is 6. The van der Waals surface area contributed by atoms with E-state index in [0.717, 1.165) is 12.8 Å². The van der Waals surface area contributed by atoms with Crippen molar-refractivity contribution in [3.8, 4) is 0 Å². The van der Waals surface area contributed by atoms with Gasteiger partial charge in [-0.15, -0.1) is 0 Å². The molecule has 0 aromatic carbocycles. The Morgan fingerprint density at radius 3 is 2.58 bits per heavy atom. The highest BCUT2D eigenvalue weighted by Crippen LogP contribution is 2.23. The van der Waals surface area contributed by atoms with Gasteiger partial charge in [0.1, 0.15) is 0 Å². The minimum absolute atomic E-state index is 0.0886. The Balaban J connectivity index is 2.83. The molecule has 0 radical (unpaired) electrons. The summed E-state index contributed by atoms with van der Waals surface area (Å²) in [7, 11) is 0. The minimum Gasteiger partial charge on any atom is -0.478 e. The summed E-state index contributed by atoms with van der Waals surface area (Å²) in [5, 5.41) is 11.9. The van der Waals surface area contributed by atoms with Gasteiger partial charge in [-0.2, -0.15) is 0 Å². The first-order valence-corrected chi connectivity index (χ1v) is 6.84. The van der Waals surface area contributed by atoms with Crippen molar-refractivity contribution in [3.63, 3.8) is 0 Å². The van der Waals surface area contributed by atoms with E-state index < -0.39 is 5.97 Å². The second-order valence-corrected chi connectivity index (χ2v) is 4.88. The third-order valence-corrected chi connectivity index (χ3v) is 3.41. The smallest absolute Gasteiger partial charge is 0.331 e. The zero-order chi connectivity index (χ0) is 14.4. The molecule has 1 aliphatic rings. The molecule has 1 rings (SSSR count). The van der Waals surface area contributed by atoms with Crippen LogP contribution in [-0.2, 0) is 14.3 Å². The maximum atomic E-state index is 11.2. The van der Waals surface area contributed by atoms with Crippen molar-refractivity contribution in [1.82, 2.24) is 5.32 Å². The summed E-state index contributed by atoms with van der Waals surface area (Å²) in [6, 6.07) is -0.138. The van der Waals surface area contributed by atoms with Gasteiger partial charge in [-0.05, 0) is 31.8 Å². The molecule has 108 valence electrons. The molecule has 5 heteroatoms. The third-order valence-electron chi connectivity index (χ3n) is 3.41. The van der Waals surface area contributed by atoms with E-state index in [4.69, 9.17) is 9.84 Å². The van der Waals surface area contributed by atoms with Crippen molar-refractivity contribution in [1.29, 1.82) is 0 Å². The van der Waals surface area contributed by atoms with Crippen LogP contribution in [0.1, 0.15) is 46.5 Å². The Morgan fingerprint density at radius 1 is 1.47 bits per heavy atom. The number of carbonyl (C=O) groups excluding carboxylic acids is 1. The fourth-order valence-electron chi connectivity index (χ4n) is 2.30. The standard InChI is InChI=1S/C14H23NO4/c1-4-11(5-2)19-13-8-10(14(17)18)6-7-12(13)15-9(3)16/h8,11-13H,4-7H2,1-3H3,(H,15,16)(H,17,18)/t12-,13+/m1/s1. The Morgan fingerprint density at radius 2 is 2.11 bits per heavy atom. The zero-order valence-corrected chi connectivity index (χ0v) is 11.8. The van der Waals surface area contributed by atoms with E-state index in [0.29, 0.717) is 18.4 Å². The molecule has 19 heavy (non-hydrogen) atoms. The van der Waals surface area contributed by atoms with Crippen LogP contribution in [0.15, 0.2) is 11.6 Å². The minimum atomic E-state index is -0.903. The highest BCUT2D eigenvalue weighted by molar-refractivity contribution is 5.87. The van der Waals surface area contributed by atoms with Crippen LogP contribution >= 0.6 is 0 Å². The summed E-state index contributed by atoms with van der Waals surface area (Å²) in [5.41, 5.74) is 0.373. The monoisotopic (exact) mass is 269 g/mol. The molecule has 1 aliphatic carbocycles. The molecule has 0 aliphatic heterocycles. The van der Waals surface area contributed by atoms with Gasteiger partial charge in [0, 0.05) is 12.5 Å². The maximum Gasteiger partial charge on any atom is 0.331 e. The molecule has 0 saturated carbocycles. The Kier molecular flexibility index (Phi) is 6.02. The number of aliphatic carboxylic acids is 1. The van der Waals surface area contributed by atoms with Crippen molar-refractivity contribution in [2.24, 2.45) is 0 Å². The second kappa shape index (κ2) is 7.28. The molecule has 2 atom stereocenters. The number of hydrogen-bond donors (Lipinski definition) is 2. The van der Waals surface area contributed by atoms with E-state index in [-0.39, 0.29) is 24.2 Å². The van der Waals surface area contributed by atoms with E-state index >= 15 is 0 Å². The van der Waals surface area contributed by atoms with Gasteiger partial charge in [0.25, 0.3) is 0 Å². The predicted octanol–water partition coefficient (Wildman–Crippen LogP) is 1.87. The normalized spacial score (nSPS) is 23.1. The first kappa shape index (κ1) is 15.7. The number of nitrogens with one attached hydrogen (secondary N) is 1. The van der Waals surface area contributed by atoms with Crippen molar-refractivity contribution < 1.29 is 19.4 Å². The van der Waals surface area contributed by atoms with Crippen LogP contribution in [0.3, 0.4) is 0 Å². The van der Waals surface area contributed by atoms with Gasteiger partial charge in [-0.25, -0.2) is 4.79 Å². The number of carboxylic acids is 1. The molecular weight excluding hydrogens is 246 g/mol. The average molecular weight is 269 g/mol. The maximum absolute atomic E-state index is 11.2. The molecule has 0 fully saturated rings. The molecule has 0 aromatic heterocycles. The number of ether oxygens (including phenoxy) is 1. The molecule has 0 spiro atoms. The Bertz CT molecular complexity index is 360. The van der Waals surface area contributed by atoms with E-state index in [1.165, 1.54) is 6.92 Å². The van der Waals surface area contributed by atoms with Crippen LogP contribution in [0.25, 0.3) is 0 Å². The van der Waals surface area contributed by atoms with Gasteiger partial charge in [-0.3, -0.25) is 4.79 Å². The molecule has 0 heterocycles. The Hall–Kier alpha value is -1.36. The van der Waals surface area contributed by atoms with Crippen LogP contribution in [0.5, 0.6) is 0 Å². The average Bonchev–Trinajstić information content (AvgIpc) is 2.36. The summed E-state index contributed by atoms with van der Waals surface area (Å²) >= 11 is 0. The highest BCUT2D eigenvalue weighted by Gasteiger charge is 2.29. The van der Waals surface area contributed by atoms with Gasteiger partial charge in [-0.1, -0.05) is 13.8 Å². The first-order chi connectivity index (χ1) is 8.97. The largest absolute Gasteiger partial charge is 0.478 e. The van der Waals surface area contributed by atoms with E-state index in [2.05, 4.69) is 5.32 Å². The SMILES string of the molecule is CCC(CC)O[C@H]1C=C(C(=O)O)CC[C@H]1NC(C)=O. The van der Waals surface area contributed by atoms with Crippen molar-refractivity contribution in [3.05, 3.63) is 11.6 Å². The Labute approximate surface area is 114 Å². The summed E-state index contributed by atoms with van der Waals surface area (Å²) < 4.78 is 5.93. The first-order valence-electron chi connectivity index (χ1n) is 6.84. The number of carbonyl (C=O) groups is 2. The van der Waals surface area contributed by atoms with Crippen LogP contribution in [0, 0.1) is 0 Å². The number of carboxylic acid groups (broad SMARTS) is 1. The van der Waals surface area contributed by atoms with Gasteiger partial charge in [0.05, 0.1) is 18.2 Å². The molecule has 2 N–H and O–H groups in total. The molecule has 5 nitrogen and oxygen atoms in total. The summed E-state index contributed by atoms with van der Waals surface area (Å²) in [5.74, 6) is -1.02. The van der Waals surface area contributed by atoms with Crippen LogP contribution < -0.4 is 5.32 Å². The van der Waals surface area contributed by atoms with E-state index in [1.807, 2.05) is 13.8 Å². The van der Waals surface area contributed by atoms with Gasteiger partial charge >= 0.3 is 5.97 Å². The van der Waals surface area contributed by atoms with Crippen LogP contribution in [0.4, 0.5) is 0 Å². The van der Waals surface area contributed by atoms with Crippen molar-refractivity contribution in [2.75, 3.05) is 0 Å². The summed E-state index contributed by atoms with van der Waals surface area (Å²) in [6.07, 6.45) is 4.18. The number of amides is 1. The molecule has 0 saturated heterocycles. The lowest BCUT2D eigenvalue weighted by Gasteiger charge is -2.32. The molecule has 0 bridgehead atoms. The predicted molar refractivity (Wildman–Crippen MR) is 71.8 cm³/mol. The fraction of sp³-hybridized carbons (Fsp3) is 0.714. The molecule has 0 aromatic rings. The highest BCUT2D eigenvalue weighted by atomic mass is 16.5. The quantitative estimate of drug-likeness (QED) is 0.772. The fourth-order valence-corrected chi connectivity index (χ4v) is 2.30. The van der Waals surface area contributed by atoms with Gasteiger partial charge < -0.3 is 15.2 Å². The van der Waals surface area contributed by atoms with Crippen molar-refractivity contribution >= 4 is 11.9 Å². The van der Waals surface area contributed by atoms with E-state index in [9.17, 15) is 9.59 Å². The topological polar surface area (TPSA) is 75.6 Å². The molecular formula is C14H23NO4. The van der Waals surface area contributed by atoms with Gasteiger partial charge in [0.15, 0.2) is 0 Å². The van der Waals surface area contributed by atoms with Crippen molar-refractivity contribution in [2.45, 2.75) is 64.7 Å². The summed E-state index contributed by atoms with van der Waals surface area (Å²) in [6.45, 7) is 5.53. The molecule has 1 amide bonds. The van der Waals surface area contributed by atoms with Gasteiger partial charge in [0.2, 0.25) is 5.91 Å². The lowest BCUT2D eigenvalue weighted by molar-refractivity contribution is -0.133. The number of hydrogen-bond acceptors (Lipinski definition) is 3. The van der Waals surface area contributed by atoms with Crippen LogP contribution in [0.2, 0.25) is 0 Å².